The summed E-state index contributed by atoms with van der Waals surface area (Å²) in [7, 11) is 1.67. The van der Waals surface area contributed by atoms with Crippen molar-refractivity contribution in [2.75, 3.05) is 38.3 Å². The number of ether oxygens (including phenoxy) is 2. The average Bonchev–Trinajstić information content (AvgIpc) is 3.62. The third-order valence-corrected chi connectivity index (χ3v) is 8.65. The molecule has 3 atom stereocenters. The Balaban J connectivity index is 1.41. The molecule has 0 unspecified atom stereocenters. The maximum absolute atomic E-state index is 13.9. The standard InChI is InChI=1S/C34H41N3O5/c1-3-4-18-37(27-11-8-17-35-21-27)32(38)23-36-22-28(25-14-15-31-26(20-25)16-19-42-31)33(34(39)40)29(36)12-7-10-24-9-5-6-13-30(24)41-2/h5-6,8-9,11,13-15,17,20-21,28-29,33H,3-4,7,10,12,16,18-19,22-23H2,1-2H3,(H,39,40)/t28-,29+,33-/m1/s1. The molecule has 1 saturated heterocycles. The molecule has 2 aromatic carbocycles. The number of carbonyl (C=O) groups excluding carboxylic acids is 1. The lowest BCUT2D eigenvalue weighted by Gasteiger charge is -2.29. The van der Waals surface area contributed by atoms with Crippen LogP contribution in [0.15, 0.2) is 67.0 Å². The van der Waals surface area contributed by atoms with Gasteiger partial charge in [0.15, 0.2) is 0 Å². The van der Waals surface area contributed by atoms with E-state index < -0.39 is 11.9 Å². The van der Waals surface area contributed by atoms with Gasteiger partial charge < -0.3 is 19.5 Å². The van der Waals surface area contributed by atoms with Crippen molar-refractivity contribution in [1.82, 2.24) is 9.88 Å². The summed E-state index contributed by atoms with van der Waals surface area (Å²) >= 11 is 0. The summed E-state index contributed by atoms with van der Waals surface area (Å²) in [5, 5.41) is 10.6. The predicted molar refractivity (Wildman–Crippen MR) is 162 cm³/mol. The summed E-state index contributed by atoms with van der Waals surface area (Å²) in [4.78, 5) is 35.0. The number of rotatable bonds is 13. The molecule has 2 aliphatic heterocycles. The van der Waals surface area contributed by atoms with E-state index in [0.29, 0.717) is 26.1 Å². The number of nitrogens with zero attached hydrogens (tertiary/aromatic N) is 3. The van der Waals surface area contributed by atoms with Crippen LogP contribution in [0.2, 0.25) is 0 Å². The van der Waals surface area contributed by atoms with E-state index in [1.54, 1.807) is 24.4 Å². The minimum absolute atomic E-state index is 0.0293. The van der Waals surface area contributed by atoms with Crippen LogP contribution in [0.25, 0.3) is 0 Å². The number of methoxy groups -OCH3 is 1. The molecule has 0 saturated carbocycles. The molecule has 8 heteroatoms. The molecule has 222 valence electrons. The van der Waals surface area contributed by atoms with Crippen LogP contribution in [0.1, 0.15) is 55.2 Å². The van der Waals surface area contributed by atoms with Crippen molar-refractivity contribution in [3.8, 4) is 11.5 Å². The molecule has 2 aliphatic rings. The number of carboxylic acid groups (broad SMARTS) is 1. The minimum atomic E-state index is -0.816. The minimum Gasteiger partial charge on any atom is -0.496 e. The molecular formula is C34H41N3O5. The van der Waals surface area contributed by atoms with Gasteiger partial charge in [0.25, 0.3) is 0 Å². The number of hydrogen-bond acceptors (Lipinski definition) is 6. The SMILES string of the molecule is CCCCN(C(=O)CN1C[C@H](c2ccc3c(c2)CCO3)[C@@H](C(=O)O)[C@@H]1CCCc1ccccc1OC)c1cccnc1. The molecule has 0 radical (unpaired) electrons. The molecule has 1 aromatic heterocycles. The Kier molecular flexibility index (Phi) is 9.74. The molecule has 42 heavy (non-hydrogen) atoms. The maximum Gasteiger partial charge on any atom is 0.308 e. The maximum atomic E-state index is 13.9. The summed E-state index contributed by atoms with van der Waals surface area (Å²) in [6, 6.07) is 17.5. The Hall–Kier alpha value is -3.91. The zero-order valence-corrected chi connectivity index (χ0v) is 24.6. The van der Waals surface area contributed by atoms with Gasteiger partial charge in [0.05, 0.1) is 38.1 Å². The molecule has 3 aromatic rings. The number of carboxylic acids is 1. The highest BCUT2D eigenvalue weighted by molar-refractivity contribution is 5.94. The fraction of sp³-hybridized carbons (Fsp3) is 0.441. The average molecular weight is 572 g/mol. The summed E-state index contributed by atoms with van der Waals surface area (Å²) in [5.74, 6) is 0.0275. The number of para-hydroxylation sites is 1. The van der Waals surface area contributed by atoms with E-state index >= 15 is 0 Å². The third kappa shape index (κ3) is 6.59. The number of aromatic nitrogens is 1. The van der Waals surface area contributed by atoms with Gasteiger partial charge in [-0.05, 0) is 66.6 Å². The topological polar surface area (TPSA) is 92.2 Å². The Bertz CT molecular complexity index is 1360. The Labute approximate surface area is 248 Å². The lowest BCUT2D eigenvalue weighted by molar-refractivity contribution is -0.143. The van der Waals surface area contributed by atoms with Gasteiger partial charge in [-0.15, -0.1) is 0 Å². The first-order valence-electron chi connectivity index (χ1n) is 15.0. The van der Waals surface area contributed by atoms with Crippen LogP contribution in [-0.4, -0.2) is 66.3 Å². The summed E-state index contributed by atoms with van der Waals surface area (Å²) in [6.07, 6.45) is 8.31. The summed E-state index contributed by atoms with van der Waals surface area (Å²) in [5.41, 5.74) is 4.01. The fourth-order valence-corrected chi connectivity index (χ4v) is 6.53. The van der Waals surface area contributed by atoms with Crippen LogP contribution in [-0.2, 0) is 22.4 Å². The zero-order chi connectivity index (χ0) is 29.5. The second-order valence-corrected chi connectivity index (χ2v) is 11.2. The quantitative estimate of drug-likeness (QED) is 0.296. The van der Waals surface area contributed by atoms with Crippen molar-refractivity contribution in [2.24, 2.45) is 5.92 Å². The lowest BCUT2D eigenvalue weighted by atomic mass is 9.83. The number of pyridine rings is 1. The predicted octanol–water partition coefficient (Wildman–Crippen LogP) is 5.35. The molecule has 0 spiro atoms. The lowest BCUT2D eigenvalue weighted by Crippen LogP contribution is -2.44. The molecule has 1 fully saturated rings. The molecule has 1 amide bonds. The third-order valence-electron chi connectivity index (χ3n) is 8.65. The monoisotopic (exact) mass is 571 g/mol. The van der Waals surface area contributed by atoms with Gasteiger partial charge >= 0.3 is 5.97 Å². The van der Waals surface area contributed by atoms with Gasteiger partial charge in [0.1, 0.15) is 11.5 Å². The van der Waals surface area contributed by atoms with Gasteiger partial charge in [0, 0.05) is 37.7 Å². The molecular weight excluding hydrogens is 530 g/mol. The van der Waals surface area contributed by atoms with Gasteiger partial charge in [-0.1, -0.05) is 43.7 Å². The van der Waals surface area contributed by atoms with E-state index in [2.05, 4.69) is 28.9 Å². The highest BCUT2D eigenvalue weighted by atomic mass is 16.5. The Morgan fingerprint density at radius 3 is 2.76 bits per heavy atom. The number of fused-ring (bicyclic) bond motifs is 1. The summed E-state index contributed by atoms with van der Waals surface area (Å²) in [6.45, 7) is 4.03. The highest BCUT2D eigenvalue weighted by Gasteiger charge is 2.47. The second kappa shape index (κ2) is 13.8. The Morgan fingerprint density at radius 2 is 2.00 bits per heavy atom. The van der Waals surface area contributed by atoms with E-state index in [0.717, 1.165) is 66.0 Å². The molecule has 1 N–H and O–H groups in total. The van der Waals surface area contributed by atoms with E-state index in [9.17, 15) is 14.7 Å². The number of carbonyl (C=O) groups is 2. The first-order chi connectivity index (χ1) is 20.5. The largest absolute Gasteiger partial charge is 0.496 e. The van der Waals surface area contributed by atoms with Crippen molar-refractivity contribution in [2.45, 2.75) is 57.4 Å². The first-order valence-corrected chi connectivity index (χ1v) is 15.0. The number of benzene rings is 2. The Morgan fingerprint density at radius 1 is 1.14 bits per heavy atom. The van der Waals surface area contributed by atoms with Gasteiger partial charge in [-0.2, -0.15) is 0 Å². The van der Waals surface area contributed by atoms with Crippen LogP contribution >= 0.6 is 0 Å². The van der Waals surface area contributed by atoms with Crippen LogP contribution in [0, 0.1) is 5.92 Å². The van der Waals surface area contributed by atoms with E-state index in [4.69, 9.17) is 9.47 Å². The van der Waals surface area contributed by atoms with Crippen LogP contribution in [0.3, 0.4) is 0 Å². The van der Waals surface area contributed by atoms with Gasteiger partial charge in [-0.3, -0.25) is 19.5 Å². The first kappa shape index (κ1) is 29.6. The van der Waals surface area contributed by atoms with Crippen LogP contribution < -0.4 is 14.4 Å². The number of anilines is 1. The highest BCUT2D eigenvalue weighted by Crippen LogP contribution is 2.41. The molecule has 0 bridgehead atoms. The van der Waals surface area contributed by atoms with Crippen molar-refractivity contribution in [1.29, 1.82) is 0 Å². The molecule has 3 heterocycles. The van der Waals surface area contributed by atoms with E-state index in [1.165, 1.54) is 0 Å². The second-order valence-electron chi connectivity index (χ2n) is 11.2. The zero-order valence-electron chi connectivity index (χ0n) is 24.6. The molecule has 5 rings (SSSR count). The number of likely N-dealkylation sites (tertiary alicyclic amines) is 1. The normalized spacial score (nSPS) is 19.7. The number of unbranched alkanes of at least 4 members (excludes halogenated alkanes) is 1. The summed E-state index contributed by atoms with van der Waals surface area (Å²) < 4.78 is 11.3. The smallest absolute Gasteiger partial charge is 0.308 e. The number of amides is 1. The number of aliphatic carboxylic acids is 1. The fourth-order valence-electron chi connectivity index (χ4n) is 6.53. The van der Waals surface area contributed by atoms with Gasteiger partial charge in [0.2, 0.25) is 5.91 Å². The molecule has 0 aliphatic carbocycles. The van der Waals surface area contributed by atoms with Crippen molar-refractivity contribution in [3.63, 3.8) is 0 Å². The van der Waals surface area contributed by atoms with Crippen molar-refractivity contribution >= 4 is 17.6 Å². The van der Waals surface area contributed by atoms with E-state index in [1.807, 2.05) is 42.5 Å². The van der Waals surface area contributed by atoms with Crippen molar-refractivity contribution in [3.05, 3.63) is 83.7 Å². The van der Waals surface area contributed by atoms with Crippen molar-refractivity contribution < 1.29 is 24.2 Å². The molecule has 8 nitrogen and oxygen atoms in total. The van der Waals surface area contributed by atoms with E-state index in [-0.39, 0.29) is 24.4 Å². The number of aryl methyl sites for hydroxylation is 1. The number of hydrogen-bond donors (Lipinski definition) is 1. The van der Waals surface area contributed by atoms with Gasteiger partial charge in [-0.25, -0.2) is 0 Å². The van der Waals surface area contributed by atoms with Crippen LogP contribution in [0.5, 0.6) is 11.5 Å². The van der Waals surface area contributed by atoms with Crippen LogP contribution in [0.4, 0.5) is 5.69 Å².